The summed E-state index contributed by atoms with van der Waals surface area (Å²) in [5.41, 5.74) is 0. The minimum Gasteiger partial charge on any atom is -0.726 e. The number of aliphatic hydroxyl groups is 2. The van der Waals surface area contributed by atoms with Gasteiger partial charge in [-0.15, -0.1) is 0 Å². The zero-order valence-corrected chi connectivity index (χ0v) is 27.0. The summed E-state index contributed by atoms with van der Waals surface area (Å²) in [7, 11) is -6.10. The van der Waals surface area contributed by atoms with Crippen LogP contribution in [0, 0.1) is 0 Å². The number of aliphatic hydroxyl groups excluding tert-OH is 2. The van der Waals surface area contributed by atoms with Gasteiger partial charge in [0.1, 0.15) is 24.9 Å². The molecule has 1 amide bonds. The lowest BCUT2D eigenvalue weighted by Gasteiger charge is -2.35. The highest BCUT2D eigenvalue weighted by atomic mass is 32.3. The molecule has 0 aliphatic heterocycles. The zero-order chi connectivity index (χ0) is 31.6. The van der Waals surface area contributed by atoms with Gasteiger partial charge in [0.15, 0.2) is 0 Å². The van der Waals surface area contributed by atoms with Crippen LogP contribution in [0.4, 0.5) is 0 Å². The Morgan fingerprint density at radius 1 is 0.927 bits per heavy atom. The third-order valence-corrected chi connectivity index (χ3v) is 7.75. The van der Waals surface area contributed by atoms with Crippen molar-refractivity contribution < 1.29 is 49.6 Å². The summed E-state index contributed by atoms with van der Waals surface area (Å²) in [6.07, 6.45) is 19.7. The minimum absolute atomic E-state index is 0.0170. The summed E-state index contributed by atoms with van der Waals surface area (Å²) < 4.78 is 62.0. The van der Waals surface area contributed by atoms with Crippen molar-refractivity contribution in [1.29, 1.82) is 0 Å². The summed E-state index contributed by atoms with van der Waals surface area (Å²) in [6.45, 7) is 3.31. The van der Waals surface area contributed by atoms with Crippen LogP contribution in [0.1, 0.15) is 96.8 Å². The molecule has 0 rings (SSSR count). The molecule has 0 fully saturated rings. The molecule has 0 bridgehead atoms. The fraction of sp³-hybridized carbons (Fsp3) is 0.889. The Hall–Kier alpha value is -1.13. The van der Waals surface area contributed by atoms with E-state index in [0.29, 0.717) is 26.1 Å². The number of carbonyl (C=O) groups excluding carboxylic acids is 1. The Bertz CT molecular complexity index is 883. The predicted molar refractivity (Wildman–Crippen MR) is 159 cm³/mol. The topological polar surface area (TPSA) is 190 Å². The summed E-state index contributed by atoms with van der Waals surface area (Å²) >= 11 is 0. The maximum Gasteiger partial charge on any atom is 0.267 e. The van der Waals surface area contributed by atoms with Crippen LogP contribution in [0.25, 0.3) is 0 Å². The standard InChI is InChI=1S/C26H52N2O6S.CH4O4S/c1-3-4-5-6-7-8-9-10-11-12-13-14-15-16-17-18-26(31)27-19-20-28(2,21-22-29)23-25(30)24-35(32,33)34;1-5-6(2,3)4/h10-11,25,29-30H,3-9,12-24H2,1-2H3,(H-,27,31,32,33,34);1H3,(H,2,3,4). The molecule has 12 nitrogen and oxygen atoms in total. The number of likely N-dealkylation sites (N-methyl/N-ethyl adjacent to an activating group) is 1. The molecule has 0 radical (unpaired) electrons. The van der Waals surface area contributed by atoms with Crippen LogP contribution in [-0.4, -0.2) is 105 Å². The fourth-order valence-electron chi connectivity index (χ4n) is 4.25. The van der Waals surface area contributed by atoms with Gasteiger partial charge < -0.3 is 24.6 Å². The number of rotatable bonds is 25. The highest BCUT2D eigenvalue weighted by Gasteiger charge is 2.27. The van der Waals surface area contributed by atoms with Crippen LogP contribution in [0.15, 0.2) is 12.2 Å². The first-order valence-electron chi connectivity index (χ1n) is 14.7. The van der Waals surface area contributed by atoms with Crippen molar-refractivity contribution in [3.63, 3.8) is 0 Å². The largest absolute Gasteiger partial charge is 0.726 e. The quantitative estimate of drug-likeness (QED) is 0.0383. The van der Waals surface area contributed by atoms with E-state index in [0.717, 1.165) is 32.8 Å². The first-order valence-corrected chi connectivity index (χ1v) is 17.6. The van der Waals surface area contributed by atoms with Crippen molar-refractivity contribution in [3.05, 3.63) is 12.2 Å². The molecule has 41 heavy (non-hydrogen) atoms. The Morgan fingerprint density at radius 3 is 1.88 bits per heavy atom. The van der Waals surface area contributed by atoms with Crippen LogP contribution >= 0.6 is 0 Å². The molecule has 0 aromatic rings. The molecule has 2 atom stereocenters. The third kappa shape index (κ3) is 33.2. The lowest BCUT2D eigenvalue weighted by atomic mass is 10.1. The molecule has 0 aliphatic rings. The summed E-state index contributed by atoms with van der Waals surface area (Å²) in [5.74, 6) is -0.759. The van der Waals surface area contributed by atoms with E-state index in [1.165, 1.54) is 57.8 Å². The summed E-state index contributed by atoms with van der Waals surface area (Å²) in [5, 5.41) is 22.1. The van der Waals surface area contributed by atoms with Crippen molar-refractivity contribution in [3.8, 4) is 0 Å². The number of nitrogens with zero attached hydrogens (tertiary/aromatic N) is 1. The van der Waals surface area contributed by atoms with E-state index in [-0.39, 0.29) is 23.5 Å². The Balaban J connectivity index is 0. The number of quaternary nitrogens is 1. The summed E-state index contributed by atoms with van der Waals surface area (Å²) in [4.78, 5) is 12.1. The van der Waals surface area contributed by atoms with E-state index in [1.54, 1.807) is 7.05 Å². The van der Waals surface area contributed by atoms with Crippen molar-refractivity contribution in [2.24, 2.45) is 0 Å². The Kier molecular flexibility index (Phi) is 26.0. The average molecular weight is 633 g/mol. The van der Waals surface area contributed by atoms with Crippen LogP contribution in [0.5, 0.6) is 0 Å². The molecular weight excluding hydrogens is 576 g/mol. The average Bonchev–Trinajstić information content (AvgIpc) is 2.85. The Labute approximate surface area is 248 Å². The number of allylic oxidation sites excluding steroid dienone is 2. The molecule has 246 valence electrons. The number of carbonyl (C=O) groups is 1. The lowest BCUT2D eigenvalue weighted by Crippen LogP contribution is -2.54. The van der Waals surface area contributed by atoms with E-state index < -0.39 is 32.4 Å². The van der Waals surface area contributed by atoms with Crippen molar-refractivity contribution in [2.75, 3.05) is 52.7 Å². The highest BCUT2D eigenvalue weighted by Crippen LogP contribution is 2.10. The molecule has 0 saturated carbocycles. The van der Waals surface area contributed by atoms with Crippen LogP contribution in [0.2, 0.25) is 0 Å². The van der Waals surface area contributed by atoms with E-state index in [9.17, 15) is 36.4 Å². The van der Waals surface area contributed by atoms with Gasteiger partial charge >= 0.3 is 0 Å². The Morgan fingerprint density at radius 2 is 1.41 bits per heavy atom. The molecule has 0 aromatic carbocycles. The highest BCUT2D eigenvalue weighted by molar-refractivity contribution is 7.85. The zero-order valence-electron chi connectivity index (χ0n) is 25.3. The smallest absolute Gasteiger partial charge is 0.267 e. The molecule has 0 aromatic heterocycles. The molecule has 0 aliphatic carbocycles. The van der Waals surface area contributed by atoms with Gasteiger partial charge in [0.25, 0.3) is 10.1 Å². The number of hydrogen-bond acceptors (Lipinski definition) is 9. The van der Waals surface area contributed by atoms with Crippen LogP contribution < -0.4 is 5.32 Å². The van der Waals surface area contributed by atoms with E-state index in [4.69, 9.17) is 4.55 Å². The maximum atomic E-state index is 12.1. The minimum atomic E-state index is -4.41. The number of amides is 1. The maximum absolute atomic E-state index is 12.1. The second-order valence-corrected chi connectivity index (χ2v) is 13.3. The normalized spacial score (nSPS) is 14.3. The van der Waals surface area contributed by atoms with Gasteiger partial charge in [0.05, 0.1) is 33.9 Å². The molecule has 0 heterocycles. The van der Waals surface area contributed by atoms with Crippen LogP contribution in [0.3, 0.4) is 0 Å². The monoisotopic (exact) mass is 632 g/mol. The first-order chi connectivity index (χ1) is 19.2. The van der Waals surface area contributed by atoms with E-state index in [1.807, 2.05) is 0 Å². The first kappa shape index (κ1) is 42.0. The van der Waals surface area contributed by atoms with E-state index >= 15 is 0 Å². The fourth-order valence-corrected chi connectivity index (χ4v) is 4.84. The molecular formula is C27H56N2O10S2. The van der Waals surface area contributed by atoms with Gasteiger partial charge in [-0.05, 0) is 32.1 Å². The summed E-state index contributed by atoms with van der Waals surface area (Å²) in [6, 6.07) is 0. The lowest BCUT2D eigenvalue weighted by molar-refractivity contribution is -0.911. The molecule has 2 unspecified atom stereocenters. The number of nitrogens with one attached hydrogen (secondary N) is 1. The van der Waals surface area contributed by atoms with Gasteiger partial charge in [-0.2, -0.15) is 8.42 Å². The second kappa shape index (κ2) is 25.4. The SMILES string of the molecule is CCCCCCCCC=CCCCCCCCC(=O)NCC[N+](C)(CCO)CC(O)CS(=O)(=O)O.COS(=O)(=O)[O-]. The molecule has 0 saturated heterocycles. The second-order valence-electron chi connectivity index (χ2n) is 10.6. The number of hydrogen-bond donors (Lipinski definition) is 4. The van der Waals surface area contributed by atoms with E-state index in [2.05, 4.69) is 28.6 Å². The predicted octanol–water partition coefficient (Wildman–Crippen LogP) is 2.92. The molecule has 4 N–H and O–H groups in total. The van der Waals surface area contributed by atoms with Gasteiger partial charge in [-0.25, -0.2) is 8.42 Å². The van der Waals surface area contributed by atoms with Crippen molar-refractivity contribution in [1.82, 2.24) is 5.32 Å². The van der Waals surface area contributed by atoms with Gasteiger partial charge in [-0.1, -0.05) is 70.4 Å². The van der Waals surface area contributed by atoms with Crippen LogP contribution in [-0.2, 0) is 29.5 Å². The molecule has 0 spiro atoms. The van der Waals surface area contributed by atoms with Gasteiger partial charge in [-0.3, -0.25) is 13.5 Å². The molecule has 14 heteroatoms. The van der Waals surface area contributed by atoms with Gasteiger partial charge in [0.2, 0.25) is 16.3 Å². The van der Waals surface area contributed by atoms with Gasteiger partial charge in [0, 0.05) is 6.42 Å². The number of unbranched alkanes of at least 4 members (excludes halogenated alkanes) is 11. The van der Waals surface area contributed by atoms with Crippen molar-refractivity contribution >= 4 is 26.4 Å². The third-order valence-electron chi connectivity index (χ3n) is 6.54. The van der Waals surface area contributed by atoms with Crippen molar-refractivity contribution in [2.45, 2.75) is 103 Å².